The first-order valence-corrected chi connectivity index (χ1v) is 5.06. The van der Waals surface area contributed by atoms with E-state index < -0.39 is 19.8 Å². The first-order chi connectivity index (χ1) is 6.95. The van der Waals surface area contributed by atoms with E-state index in [9.17, 15) is 19.0 Å². The van der Waals surface area contributed by atoms with Crippen molar-refractivity contribution in [3.63, 3.8) is 0 Å². The Balaban J connectivity index is 0.000000288. The molecule has 1 atom stereocenters. The average Bonchev–Trinajstić information content (AvgIpc) is 2.20. The number of carbonyl (C=O) groups excluding carboxylic acids is 1. The summed E-state index contributed by atoms with van der Waals surface area (Å²) in [5, 5.41) is 8.01. The molecule has 0 saturated heterocycles. The van der Waals surface area contributed by atoms with Gasteiger partial charge in [-0.1, -0.05) is 22.8 Å². The van der Waals surface area contributed by atoms with Gasteiger partial charge >= 0.3 is 14.0 Å². The highest BCUT2D eigenvalue weighted by Crippen LogP contribution is 2.04. The maximum atomic E-state index is 10.2. The molecule has 0 aliphatic carbocycles. The highest BCUT2D eigenvalue weighted by atomic mass is 31.1. The summed E-state index contributed by atoms with van der Waals surface area (Å²) in [6, 6.07) is 8.29. The molecule has 0 fully saturated rings. The molecular weight excluding hydrogens is 219 g/mol. The zero-order valence-electron chi connectivity index (χ0n) is 7.91. The third-order valence-corrected chi connectivity index (χ3v) is 1.99. The Morgan fingerprint density at radius 3 is 1.87 bits per heavy atom. The van der Waals surface area contributed by atoms with Gasteiger partial charge in [0, 0.05) is 6.92 Å². The first kappa shape index (κ1) is 13.4. The highest BCUT2D eigenvalue weighted by molar-refractivity contribution is 7.45. The predicted octanol–water partition coefficient (Wildman–Crippen LogP) is 0.0746. The minimum Gasteiger partial charge on any atom is -0.591 e. The van der Waals surface area contributed by atoms with Crippen LogP contribution < -0.4 is 10.2 Å². The van der Waals surface area contributed by atoms with Crippen LogP contribution in [-0.2, 0) is 14.2 Å². The van der Waals surface area contributed by atoms with Gasteiger partial charge in [0.1, 0.15) is 0 Å². The van der Waals surface area contributed by atoms with E-state index in [1.165, 1.54) is 0 Å². The predicted molar refractivity (Wildman–Crippen MR) is 52.0 cm³/mol. The number of ketones is 1. The molecule has 0 saturated carbocycles. The van der Waals surface area contributed by atoms with E-state index in [4.69, 9.17) is 5.11 Å². The van der Waals surface area contributed by atoms with E-state index in [2.05, 4.69) is 0 Å². The molecule has 0 heterocycles. The fraction of sp³-hybridized carbons (Fsp3) is 0.111. The van der Waals surface area contributed by atoms with E-state index in [-0.39, 0.29) is 0 Å². The second-order valence-corrected chi connectivity index (χ2v) is 3.48. The molecule has 0 aliphatic heterocycles. The topological polar surface area (TPSA) is 94.5 Å². The summed E-state index contributed by atoms with van der Waals surface area (Å²) in [7, 11) is -2.40. The molecule has 0 bridgehead atoms. The van der Waals surface area contributed by atoms with Gasteiger partial charge in [0.05, 0.1) is 0 Å². The van der Waals surface area contributed by atoms with Gasteiger partial charge in [0.25, 0.3) is 0 Å². The second-order valence-electron chi connectivity index (χ2n) is 2.45. The lowest BCUT2D eigenvalue weighted by atomic mass is 10.4. The van der Waals surface area contributed by atoms with Crippen molar-refractivity contribution in [2.75, 3.05) is 0 Å². The molecule has 1 rings (SSSR count). The molecule has 0 aromatic heterocycles. The van der Waals surface area contributed by atoms with E-state index in [1.54, 1.807) is 30.3 Å². The van der Waals surface area contributed by atoms with Gasteiger partial charge in [0.15, 0.2) is 5.30 Å². The van der Waals surface area contributed by atoms with Crippen molar-refractivity contribution in [3.05, 3.63) is 30.3 Å². The van der Waals surface area contributed by atoms with Crippen LogP contribution in [0.3, 0.4) is 0 Å². The number of carboxylic acids is 1. The van der Waals surface area contributed by atoms with Gasteiger partial charge in [-0.25, -0.2) is 4.79 Å². The molecule has 1 aromatic carbocycles. The van der Waals surface area contributed by atoms with Crippen molar-refractivity contribution in [2.45, 2.75) is 6.92 Å². The Kier molecular flexibility index (Phi) is 6.09. The van der Waals surface area contributed by atoms with Crippen LogP contribution in [0.5, 0.6) is 0 Å². The fourth-order valence-corrected chi connectivity index (χ4v) is 0.965. The van der Waals surface area contributed by atoms with Crippen molar-refractivity contribution in [1.29, 1.82) is 0 Å². The molecule has 0 spiro atoms. The molecule has 1 N–H and O–H groups in total. The van der Waals surface area contributed by atoms with Crippen LogP contribution in [0.2, 0.25) is 0 Å². The van der Waals surface area contributed by atoms with Crippen molar-refractivity contribution in [1.82, 2.24) is 0 Å². The zero-order valence-corrected chi connectivity index (χ0v) is 8.81. The number of benzene rings is 1. The second kappa shape index (κ2) is 6.81. The number of carbonyl (C=O) groups is 2. The van der Waals surface area contributed by atoms with Crippen LogP contribution in [0.15, 0.2) is 30.3 Å². The van der Waals surface area contributed by atoms with Gasteiger partial charge < -0.3 is 10.00 Å². The van der Waals surface area contributed by atoms with Gasteiger partial charge in [-0.05, 0) is 12.1 Å². The van der Waals surface area contributed by atoms with Crippen LogP contribution in [0.25, 0.3) is 0 Å². The number of aliphatic carboxylic acids is 1. The Morgan fingerprint density at radius 2 is 1.67 bits per heavy atom. The number of Topliss-reactive ketones (excluding diaryl/α,β-unsaturated/α-hetero) is 1. The van der Waals surface area contributed by atoms with Gasteiger partial charge in [-0.3, -0.25) is 4.79 Å². The zero-order chi connectivity index (χ0) is 11.8. The minimum absolute atomic E-state index is 0.368. The first-order valence-electron chi connectivity index (χ1n) is 3.88. The van der Waals surface area contributed by atoms with E-state index >= 15 is 0 Å². The third kappa shape index (κ3) is 6.49. The van der Waals surface area contributed by atoms with Crippen molar-refractivity contribution >= 4 is 25.1 Å². The van der Waals surface area contributed by atoms with Crippen LogP contribution >= 0.6 is 8.03 Å². The molecule has 0 amide bonds. The van der Waals surface area contributed by atoms with Crippen LogP contribution in [0, 0.1) is 0 Å². The van der Waals surface area contributed by atoms with Crippen molar-refractivity contribution in [3.8, 4) is 0 Å². The lowest BCUT2D eigenvalue weighted by Gasteiger charge is -1.84. The fourth-order valence-electron chi connectivity index (χ4n) is 0.550. The Bertz CT molecular complexity index is 348. The maximum Gasteiger partial charge on any atom is 0.371 e. The summed E-state index contributed by atoms with van der Waals surface area (Å²) in [5.74, 6) is -2.20. The lowest BCUT2D eigenvalue weighted by molar-refractivity contribution is -0.160. The smallest absolute Gasteiger partial charge is 0.371 e. The van der Waals surface area contributed by atoms with Gasteiger partial charge in [0.2, 0.25) is 5.78 Å². The maximum absolute atomic E-state index is 10.2. The standard InChI is InChI=1S/C6H5O2P.C3H4O3/c7-9(8)6-4-2-1-3-5-6;1-2(4)3(5)6/h1-5H;1H3,(H,5,6). The number of rotatable bonds is 2. The number of carboxylic acid groups (broad SMARTS) is 1. The SMILES string of the molecule is CC(=O)C(=O)O.O=[P+]([O-])c1ccccc1. The minimum atomic E-state index is -2.40. The largest absolute Gasteiger partial charge is 0.591 e. The molecular formula is C9H9O5P. The Hall–Kier alpha value is -1.58. The summed E-state index contributed by atoms with van der Waals surface area (Å²) >= 11 is 0. The normalized spacial score (nSPS) is 9.60. The monoisotopic (exact) mass is 228 g/mol. The van der Waals surface area contributed by atoms with E-state index in [0.29, 0.717) is 5.30 Å². The molecule has 1 unspecified atom stereocenters. The molecule has 0 aliphatic rings. The highest BCUT2D eigenvalue weighted by Gasteiger charge is 2.02. The van der Waals surface area contributed by atoms with Crippen molar-refractivity contribution in [2.24, 2.45) is 0 Å². The molecule has 0 radical (unpaired) electrons. The molecule has 5 nitrogen and oxygen atoms in total. The molecule has 80 valence electrons. The van der Waals surface area contributed by atoms with Gasteiger partial charge in [-0.2, -0.15) is 0 Å². The quantitative estimate of drug-likeness (QED) is 0.571. The summed E-state index contributed by atoms with van der Waals surface area (Å²) in [4.78, 5) is 29.1. The molecule has 1 aromatic rings. The third-order valence-electron chi connectivity index (χ3n) is 1.27. The Morgan fingerprint density at radius 1 is 1.27 bits per heavy atom. The van der Waals surface area contributed by atoms with E-state index in [1.807, 2.05) is 0 Å². The van der Waals surface area contributed by atoms with E-state index in [0.717, 1.165) is 6.92 Å². The van der Waals surface area contributed by atoms with Crippen molar-refractivity contribution < 1.29 is 24.2 Å². The van der Waals surface area contributed by atoms with Crippen LogP contribution in [-0.4, -0.2) is 16.9 Å². The summed E-state index contributed by atoms with van der Waals surface area (Å²) in [6.07, 6.45) is 0. The van der Waals surface area contributed by atoms with Gasteiger partial charge in [-0.15, -0.1) is 0 Å². The summed E-state index contributed by atoms with van der Waals surface area (Å²) < 4.78 is 10.2. The number of hydrogen-bond acceptors (Lipinski definition) is 4. The molecule has 15 heavy (non-hydrogen) atoms. The Labute approximate surface area is 87.2 Å². The number of hydrogen-bond donors (Lipinski definition) is 1. The van der Waals surface area contributed by atoms with Crippen LogP contribution in [0.1, 0.15) is 6.92 Å². The summed E-state index contributed by atoms with van der Waals surface area (Å²) in [6.45, 7) is 1.00. The lowest BCUT2D eigenvalue weighted by Crippen LogP contribution is -2.05. The summed E-state index contributed by atoms with van der Waals surface area (Å²) in [5.41, 5.74) is 0. The molecule has 6 heteroatoms. The average molecular weight is 228 g/mol. The van der Waals surface area contributed by atoms with Crippen LogP contribution in [0.4, 0.5) is 0 Å².